The Balaban J connectivity index is 1.76. The van der Waals surface area contributed by atoms with E-state index in [0.717, 1.165) is 23.8 Å². The average Bonchev–Trinajstić information content (AvgIpc) is 2.98. The molecular weight excluding hydrogens is 354 g/mol. The fraction of sp³-hybridized carbons (Fsp3) is 0.562. The van der Waals surface area contributed by atoms with Crippen LogP contribution in [0, 0.1) is 13.8 Å². The summed E-state index contributed by atoms with van der Waals surface area (Å²) in [5.74, 6) is 1.54. The van der Waals surface area contributed by atoms with Gasteiger partial charge in [0.1, 0.15) is 4.88 Å². The fourth-order valence-electron chi connectivity index (χ4n) is 2.56. The predicted molar refractivity (Wildman–Crippen MR) is 99.9 cm³/mol. The molecule has 26 heavy (non-hydrogen) atoms. The minimum atomic E-state index is -0.159. The summed E-state index contributed by atoms with van der Waals surface area (Å²) in [5.41, 5.74) is 0.739. The molecule has 0 atom stereocenters. The standard InChI is InChI=1S/C16H23N7O2S/c1-10-13(26-11(2)18-10)14(24)17-9-12-19-15(22(3)4)21-16(20-12)23-5-7-25-8-6-23/h5-9H2,1-4H3,(H,17,24). The Bertz CT molecular complexity index is 787. The predicted octanol–water partition coefficient (Wildman–Crippen LogP) is 0.778. The van der Waals surface area contributed by atoms with Crippen molar-refractivity contribution in [3.05, 3.63) is 21.4 Å². The first-order valence-corrected chi connectivity index (χ1v) is 9.23. The monoisotopic (exact) mass is 377 g/mol. The number of amides is 1. The Kier molecular flexibility index (Phi) is 5.62. The van der Waals surface area contributed by atoms with Gasteiger partial charge in [0.05, 0.1) is 30.5 Å². The van der Waals surface area contributed by atoms with Crippen molar-refractivity contribution in [2.24, 2.45) is 0 Å². The van der Waals surface area contributed by atoms with Gasteiger partial charge in [-0.15, -0.1) is 11.3 Å². The van der Waals surface area contributed by atoms with E-state index in [2.05, 4.69) is 30.2 Å². The Labute approximate surface area is 156 Å². The van der Waals surface area contributed by atoms with Crippen molar-refractivity contribution in [2.75, 3.05) is 50.2 Å². The highest BCUT2D eigenvalue weighted by atomic mass is 32.1. The van der Waals surface area contributed by atoms with Crippen LogP contribution in [0.2, 0.25) is 0 Å². The highest BCUT2D eigenvalue weighted by Crippen LogP contribution is 2.17. The smallest absolute Gasteiger partial charge is 0.263 e. The average molecular weight is 377 g/mol. The maximum absolute atomic E-state index is 12.4. The molecule has 0 aliphatic carbocycles. The molecule has 0 saturated carbocycles. The van der Waals surface area contributed by atoms with Crippen LogP contribution < -0.4 is 15.1 Å². The van der Waals surface area contributed by atoms with E-state index in [-0.39, 0.29) is 12.5 Å². The maximum Gasteiger partial charge on any atom is 0.263 e. The van der Waals surface area contributed by atoms with E-state index in [1.165, 1.54) is 11.3 Å². The number of hydrogen-bond donors (Lipinski definition) is 1. The molecule has 0 unspecified atom stereocenters. The second kappa shape index (κ2) is 7.92. The summed E-state index contributed by atoms with van der Waals surface area (Å²) >= 11 is 1.38. The number of carbonyl (C=O) groups excluding carboxylic acids is 1. The summed E-state index contributed by atoms with van der Waals surface area (Å²) in [6, 6.07) is 0. The number of nitrogens with one attached hydrogen (secondary N) is 1. The van der Waals surface area contributed by atoms with Crippen LogP contribution in [0.5, 0.6) is 0 Å². The molecule has 1 fully saturated rings. The van der Waals surface area contributed by atoms with Gasteiger partial charge in [0.25, 0.3) is 5.91 Å². The van der Waals surface area contributed by atoms with Crippen molar-refractivity contribution in [1.29, 1.82) is 0 Å². The van der Waals surface area contributed by atoms with Gasteiger partial charge in [-0.05, 0) is 13.8 Å². The van der Waals surface area contributed by atoms with Gasteiger partial charge in [0, 0.05) is 27.2 Å². The molecule has 9 nitrogen and oxygen atoms in total. The zero-order valence-electron chi connectivity index (χ0n) is 15.4. The second-order valence-electron chi connectivity index (χ2n) is 6.18. The SMILES string of the molecule is Cc1nc(C)c(C(=O)NCc2nc(N(C)C)nc(N3CCOCC3)n2)s1. The van der Waals surface area contributed by atoms with Crippen molar-refractivity contribution in [1.82, 2.24) is 25.3 Å². The van der Waals surface area contributed by atoms with Crippen LogP contribution in [0.1, 0.15) is 26.2 Å². The summed E-state index contributed by atoms with van der Waals surface area (Å²) in [6.07, 6.45) is 0. The molecule has 0 bridgehead atoms. The van der Waals surface area contributed by atoms with Crippen LogP contribution in [0.4, 0.5) is 11.9 Å². The van der Waals surface area contributed by atoms with Crippen LogP contribution in [-0.4, -0.2) is 66.2 Å². The van der Waals surface area contributed by atoms with Crippen molar-refractivity contribution in [2.45, 2.75) is 20.4 Å². The molecule has 1 amide bonds. The zero-order chi connectivity index (χ0) is 18.7. The van der Waals surface area contributed by atoms with Gasteiger partial charge in [0.15, 0.2) is 5.82 Å². The van der Waals surface area contributed by atoms with E-state index in [4.69, 9.17) is 4.74 Å². The zero-order valence-corrected chi connectivity index (χ0v) is 16.3. The van der Waals surface area contributed by atoms with E-state index in [9.17, 15) is 4.79 Å². The largest absolute Gasteiger partial charge is 0.378 e. The van der Waals surface area contributed by atoms with Crippen LogP contribution in [-0.2, 0) is 11.3 Å². The van der Waals surface area contributed by atoms with E-state index in [1.807, 2.05) is 32.8 Å². The van der Waals surface area contributed by atoms with Crippen molar-refractivity contribution in [3.8, 4) is 0 Å². The van der Waals surface area contributed by atoms with Gasteiger partial charge in [-0.2, -0.15) is 15.0 Å². The van der Waals surface area contributed by atoms with Gasteiger partial charge >= 0.3 is 0 Å². The third kappa shape index (κ3) is 4.25. The lowest BCUT2D eigenvalue weighted by atomic mass is 10.3. The number of carbonyl (C=O) groups is 1. The highest BCUT2D eigenvalue weighted by molar-refractivity contribution is 7.13. The summed E-state index contributed by atoms with van der Waals surface area (Å²) in [5, 5.41) is 3.76. The molecule has 10 heteroatoms. The highest BCUT2D eigenvalue weighted by Gasteiger charge is 2.18. The van der Waals surface area contributed by atoms with Crippen molar-refractivity contribution >= 4 is 29.1 Å². The number of aromatic nitrogens is 4. The normalized spacial score (nSPS) is 14.4. The van der Waals surface area contributed by atoms with E-state index in [1.54, 1.807) is 0 Å². The van der Waals surface area contributed by atoms with E-state index in [0.29, 0.717) is 35.8 Å². The molecule has 3 rings (SSSR count). The van der Waals surface area contributed by atoms with Crippen LogP contribution in [0.3, 0.4) is 0 Å². The maximum atomic E-state index is 12.4. The van der Waals surface area contributed by atoms with Crippen LogP contribution in [0.15, 0.2) is 0 Å². The van der Waals surface area contributed by atoms with Gasteiger partial charge in [-0.25, -0.2) is 4.98 Å². The molecule has 140 valence electrons. The number of thiazole rings is 1. The van der Waals surface area contributed by atoms with E-state index >= 15 is 0 Å². The van der Waals surface area contributed by atoms with Crippen LogP contribution >= 0.6 is 11.3 Å². The molecular formula is C16H23N7O2S. The van der Waals surface area contributed by atoms with Crippen LogP contribution in [0.25, 0.3) is 0 Å². The first kappa shape index (κ1) is 18.5. The first-order valence-electron chi connectivity index (χ1n) is 8.41. The summed E-state index contributed by atoms with van der Waals surface area (Å²) in [6.45, 7) is 6.73. The summed E-state index contributed by atoms with van der Waals surface area (Å²) < 4.78 is 5.39. The summed E-state index contributed by atoms with van der Waals surface area (Å²) in [4.78, 5) is 34.7. The number of hydrogen-bond acceptors (Lipinski definition) is 9. The number of anilines is 2. The Morgan fingerprint density at radius 2 is 1.92 bits per heavy atom. The molecule has 1 saturated heterocycles. The Morgan fingerprint density at radius 3 is 2.54 bits per heavy atom. The minimum Gasteiger partial charge on any atom is -0.378 e. The van der Waals surface area contributed by atoms with Crippen molar-refractivity contribution < 1.29 is 9.53 Å². The number of nitrogens with zero attached hydrogens (tertiary/aromatic N) is 6. The molecule has 1 aliphatic heterocycles. The molecule has 0 spiro atoms. The number of morpholine rings is 1. The molecule has 1 N–H and O–H groups in total. The third-order valence-corrected chi connectivity index (χ3v) is 4.94. The fourth-order valence-corrected chi connectivity index (χ4v) is 3.40. The Hall–Kier alpha value is -2.33. The van der Waals surface area contributed by atoms with Gasteiger partial charge in [-0.3, -0.25) is 4.79 Å². The lowest BCUT2D eigenvalue weighted by Gasteiger charge is -2.27. The molecule has 2 aromatic heterocycles. The second-order valence-corrected chi connectivity index (χ2v) is 7.38. The van der Waals surface area contributed by atoms with Gasteiger partial charge in [0.2, 0.25) is 11.9 Å². The number of aryl methyl sites for hydroxylation is 2. The lowest BCUT2D eigenvalue weighted by Crippen LogP contribution is -2.38. The topological polar surface area (TPSA) is 96.4 Å². The van der Waals surface area contributed by atoms with Gasteiger partial charge < -0.3 is 19.9 Å². The molecule has 0 aromatic carbocycles. The first-order chi connectivity index (χ1) is 12.4. The molecule has 3 heterocycles. The number of ether oxygens (including phenoxy) is 1. The quantitative estimate of drug-likeness (QED) is 0.816. The number of rotatable bonds is 5. The van der Waals surface area contributed by atoms with Gasteiger partial charge in [-0.1, -0.05) is 0 Å². The Morgan fingerprint density at radius 1 is 1.19 bits per heavy atom. The lowest BCUT2D eigenvalue weighted by molar-refractivity contribution is 0.0953. The molecule has 2 aromatic rings. The van der Waals surface area contributed by atoms with Crippen molar-refractivity contribution in [3.63, 3.8) is 0 Å². The minimum absolute atomic E-state index is 0.159. The van der Waals surface area contributed by atoms with E-state index < -0.39 is 0 Å². The third-order valence-electron chi connectivity index (χ3n) is 3.87. The molecule has 0 radical (unpaired) electrons. The molecule has 1 aliphatic rings. The summed E-state index contributed by atoms with van der Waals surface area (Å²) in [7, 11) is 3.76.